The SMILES string of the molecule is CNC(=O)CCC(C=O)N1Cc2c(NC(=O)CNCCOCCN3CCC(N/C=C(\N=N)c4ccc(Nc5ncc6c(n5)-c5ccc(Cl)cc5C(c5c(F)cccc5F)=NC6)cc4)CC3)cccc2C1=O. The average Bonchev–Trinajstić information content (AvgIpc) is 3.63. The Morgan fingerprint density at radius 1 is 0.986 bits per heavy atom. The quantitative estimate of drug-likeness (QED) is 0.0254. The molecule has 1 atom stereocenters. The van der Waals surface area contributed by atoms with E-state index >= 15 is 0 Å². The van der Waals surface area contributed by atoms with E-state index in [9.17, 15) is 28.0 Å². The third kappa shape index (κ3) is 12.2. The Morgan fingerprint density at radius 2 is 1.76 bits per heavy atom. The van der Waals surface area contributed by atoms with E-state index in [0.717, 1.165) is 38.0 Å². The van der Waals surface area contributed by atoms with E-state index in [2.05, 4.69) is 46.6 Å². The second-order valence-electron chi connectivity index (χ2n) is 17.2. The molecule has 8 rings (SSSR count). The van der Waals surface area contributed by atoms with Crippen molar-refractivity contribution in [3.05, 3.63) is 141 Å². The average molecular weight is 988 g/mol. The van der Waals surface area contributed by atoms with Crippen LogP contribution >= 0.6 is 11.6 Å². The highest BCUT2D eigenvalue weighted by molar-refractivity contribution is 6.31. The molecule has 71 heavy (non-hydrogen) atoms. The fourth-order valence-corrected chi connectivity index (χ4v) is 8.92. The van der Waals surface area contributed by atoms with Crippen molar-refractivity contribution >= 4 is 64.3 Å². The number of benzene rings is 4. The normalized spacial score (nSPS) is 15.2. The number of nitrogens with zero attached hydrogens (tertiary/aromatic N) is 6. The van der Waals surface area contributed by atoms with Crippen LogP contribution in [0, 0.1) is 17.2 Å². The standard InChI is InChI=1S/C51H53ClF2N12O5/c1-56-45(68)15-13-36(30-67)66-29-40-38(50(66)70)4-2-7-43(40)62-46(69)28-57-18-22-71-23-21-65-19-16-34(17-20-65)58-27-44(64-55)31-8-11-35(12-9-31)61-51-60-26-32-25-59-49(47-41(53)5-3-6-42(47)54)39-24-33(52)10-14-37(39)48(32)63-51/h2-12,14,24,26-27,30,34,36,55,57-58H,13,15-23,25,28-29H2,1H3,(H,56,68)(H,62,69)(H,60,61,63)/b44-27-,64-55?. The molecule has 20 heteroatoms. The van der Waals surface area contributed by atoms with Crippen molar-refractivity contribution in [2.45, 2.75) is 50.9 Å². The molecule has 1 unspecified atom stereocenters. The monoisotopic (exact) mass is 986 g/mol. The second kappa shape index (κ2) is 23.5. The van der Waals surface area contributed by atoms with Gasteiger partial charge in [0.2, 0.25) is 17.8 Å². The van der Waals surface area contributed by atoms with Gasteiger partial charge in [-0.2, -0.15) is 5.11 Å². The number of hydrogen-bond acceptors (Lipinski definition) is 14. The number of fused-ring (bicyclic) bond motifs is 4. The van der Waals surface area contributed by atoms with Gasteiger partial charge in [-0.05, 0) is 67.8 Å². The smallest absolute Gasteiger partial charge is 0.255 e. The van der Waals surface area contributed by atoms with E-state index < -0.39 is 17.7 Å². The largest absolute Gasteiger partial charge is 0.386 e. The molecule has 4 heterocycles. The van der Waals surface area contributed by atoms with Crippen LogP contribution in [0.5, 0.6) is 0 Å². The third-order valence-electron chi connectivity index (χ3n) is 12.6. The number of anilines is 3. The van der Waals surface area contributed by atoms with Gasteiger partial charge in [-0.15, -0.1) is 0 Å². The number of likely N-dealkylation sites (tertiary alicyclic amines) is 1. The Morgan fingerprint density at radius 3 is 2.51 bits per heavy atom. The molecule has 3 aliphatic heterocycles. The van der Waals surface area contributed by atoms with E-state index in [4.69, 9.17) is 26.9 Å². The lowest BCUT2D eigenvalue weighted by Crippen LogP contribution is -2.42. The van der Waals surface area contributed by atoms with Crippen LogP contribution in [0.25, 0.3) is 17.0 Å². The Hall–Kier alpha value is -7.32. The first-order valence-electron chi connectivity index (χ1n) is 23.3. The number of aromatic nitrogens is 2. The number of aldehydes is 1. The molecule has 1 aromatic heterocycles. The molecular formula is C51H53ClF2N12O5. The number of piperidine rings is 1. The molecule has 5 aromatic rings. The molecule has 6 N–H and O–H groups in total. The maximum absolute atomic E-state index is 15.0. The van der Waals surface area contributed by atoms with E-state index in [0.29, 0.717) is 87.6 Å². The predicted octanol–water partition coefficient (Wildman–Crippen LogP) is 6.85. The van der Waals surface area contributed by atoms with Crippen LogP contribution in [0.3, 0.4) is 0 Å². The Labute approximate surface area is 414 Å². The van der Waals surface area contributed by atoms with Gasteiger partial charge in [-0.3, -0.25) is 19.4 Å². The maximum Gasteiger partial charge on any atom is 0.255 e. The van der Waals surface area contributed by atoms with Gasteiger partial charge >= 0.3 is 0 Å². The Bertz CT molecular complexity index is 2840. The molecule has 1 saturated heterocycles. The highest BCUT2D eigenvalue weighted by Gasteiger charge is 2.34. The van der Waals surface area contributed by atoms with Gasteiger partial charge < -0.3 is 45.9 Å². The van der Waals surface area contributed by atoms with Crippen LogP contribution in [0.15, 0.2) is 101 Å². The number of carbonyl (C=O) groups is 4. The molecule has 3 aliphatic rings. The van der Waals surface area contributed by atoms with E-state index in [1.54, 1.807) is 48.8 Å². The van der Waals surface area contributed by atoms with Crippen molar-refractivity contribution in [2.24, 2.45) is 10.1 Å². The zero-order valence-electron chi connectivity index (χ0n) is 38.9. The van der Waals surface area contributed by atoms with Gasteiger partial charge in [0.25, 0.3) is 5.91 Å². The molecule has 0 saturated carbocycles. The lowest BCUT2D eigenvalue weighted by atomic mass is 9.95. The molecule has 1 fully saturated rings. The summed E-state index contributed by atoms with van der Waals surface area (Å²) in [5.41, 5.74) is 13.6. The van der Waals surface area contributed by atoms with Gasteiger partial charge in [0.05, 0.1) is 49.3 Å². The maximum atomic E-state index is 15.0. The zero-order chi connectivity index (χ0) is 49.9. The summed E-state index contributed by atoms with van der Waals surface area (Å²) in [5.74, 6) is -1.96. The lowest BCUT2D eigenvalue weighted by Gasteiger charge is -2.32. The number of hydrogen-bond donors (Lipinski definition) is 6. The molecule has 0 aliphatic carbocycles. The number of rotatable bonds is 21. The van der Waals surface area contributed by atoms with Crippen molar-refractivity contribution in [1.29, 1.82) is 5.53 Å². The zero-order valence-corrected chi connectivity index (χ0v) is 39.7. The topological polar surface area (TPSA) is 218 Å². The molecule has 0 spiro atoms. The summed E-state index contributed by atoms with van der Waals surface area (Å²) >= 11 is 6.37. The van der Waals surface area contributed by atoms with Crippen molar-refractivity contribution in [1.82, 2.24) is 35.7 Å². The summed E-state index contributed by atoms with van der Waals surface area (Å²) in [6, 6.07) is 20.7. The number of aliphatic imine (C=N–C) groups is 1. The summed E-state index contributed by atoms with van der Waals surface area (Å²) in [6.45, 7) is 4.27. The van der Waals surface area contributed by atoms with Gasteiger partial charge in [0.15, 0.2) is 0 Å². The summed E-state index contributed by atoms with van der Waals surface area (Å²) in [6.07, 6.45) is 6.22. The summed E-state index contributed by atoms with van der Waals surface area (Å²) in [7, 11) is 1.52. The van der Waals surface area contributed by atoms with Gasteiger partial charge in [0.1, 0.15) is 23.6 Å². The minimum atomic E-state index is -0.752. The highest BCUT2D eigenvalue weighted by atomic mass is 35.5. The third-order valence-corrected chi connectivity index (χ3v) is 12.8. The van der Waals surface area contributed by atoms with Gasteiger partial charge in [-0.25, -0.2) is 24.3 Å². The predicted molar refractivity (Wildman–Crippen MR) is 265 cm³/mol. The first-order valence-corrected chi connectivity index (χ1v) is 23.7. The van der Waals surface area contributed by atoms with Crippen molar-refractivity contribution in [2.75, 3.05) is 63.6 Å². The number of amides is 3. The van der Waals surface area contributed by atoms with E-state index in [1.165, 1.54) is 30.1 Å². The minimum absolute atomic E-state index is 0.0462. The van der Waals surface area contributed by atoms with Crippen LogP contribution in [0.2, 0.25) is 5.02 Å². The summed E-state index contributed by atoms with van der Waals surface area (Å²) in [4.78, 5) is 67.1. The van der Waals surface area contributed by atoms with Gasteiger partial charge in [0, 0.05) is 114 Å². The van der Waals surface area contributed by atoms with Gasteiger partial charge in [-0.1, -0.05) is 41.9 Å². The molecule has 0 radical (unpaired) electrons. The van der Waals surface area contributed by atoms with Crippen LogP contribution in [-0.2, 0) is 32.2 Å². The fraction of sp³-hybridized carbons (Fsp3) is 0.314. The van der Waals surface area contributed by atoms with Crippen molar-refractivity contribution in [3.8, 4) is 11.3 Å². The summed E-state index contributed by atoms with van der Waals surface area (Å²) < 4.78 is 35.8. The second-order valence-corrected chi connectivity index (χ2v) is 17.6. The fourth-order valence-electron chi connectivity index (χ4n) is 8.75. The molecule has 4 aromatic carbocycles. The number of carbonyl (C=O) groups excluding carboxylic acids is 4. The molecule has 368 valence electrons. The van der Waals surface area contributed by atoms with Crippen molar-refractivity contribution in [3.63, 3.8) is 0 Å². The lowest BCUT2D eigenvalue weighted by molar-refractivity contribution is -0.121. The number of halogens is 3. The molecular weight excluding hydrogens is 934 g/mol. The highest BCUT2D eigenvalue weighted by Crippen LogP contribution is 2.35. The van der Waals surface area contributed by atoms with Crippen LogP contribution in [0.4, 0.5) is 26.1 Å². The van der Waals surface area contributed by atoms with E-state index in [-0.39, 0.29) is 67.5 Å². The van der Waals surface area contributed by atoms with E-state index in [1.807, 2.05) is 24.3 Å². The van der Waals surface area contributed by atoms with Crippen LogP contribution < -0.4 is 26.6 Å². The van der Waals surface area contributed by atoms with Crippen molar-refractivity contribution < 1.29 is 32.7 Å². The molecule has 17 nitrogen and oxygen atoms in total. The molecule has 0 bridgehead atoms. The van der Waals surface area contributed by atoms with Crippen LogP contribution in [-0.4, -0.2) is 115 Å². The first kappa shape index (κ1) is 50.1. The first-order chi connectivity index (χ1) is 34.5. The minimum Gasteiger partial charge on any atom is -0.386 e. The summed E-state index contributed by atoms with van der Waals surface area (Å²) in [5, 5.41) is 19.3. The molecule has 3 amide bonds. The number of nitrogens with one attached hydrogen (secondary N) is 6. The van der Waals surface area contributed by atoms with Crippen LogP contribution in [0.1, 0.15) is 63.9 Å². The number of ether oxygens (including phenoxy) is 1. The Balaban J connectivity index is 0.742. The Kier molecular flexibility index (Phi) is 16.6.